The summed E-state index contributed by atoms with van der Waals surface area (Å²) in [6, 6.07) is -0.000558. The van der Waals surface area contributed by atoms with Crippen molar-refractivity contribution in [3.8, 4) is 0 Å². The molecule has 0 saturated carbocycles. The van der Waals surface area contributed by atoms with E-state index in [1.165, 1.54) is 0 Å². The molecular formula is C11H20N2O5. The summed E-state index contributed by atoms with van der Waals surface area (Å²) in [6.07, 6.45) is -1.43. The smallest absolute Gasteiger partial charge is 0.332 e. The fourth-order valence-electron chi connectivity index (χ4n) is 1.86. The minimum Gasteiger partial charge on any atom is -0.479 e. The van der Waals surface area contributed by atoms with Gasteiger partial charge in [-0.3, -0.25) is 4.79 Å². The highest BCUT2D eigenvalue weighted by molar-refractivity contribution is 5.80. The van der Waals surface area contributed by atoms with Crippen LogP contribution < -0.4 is 10.6 Å². The maximum atomic E-state index is 11.8. The maximum absolute atomic E-state index is 11.8. The van der Waals surface area contributed by atoms with Crippen LogP contribution in [0.25, 0.3) is 0 Å². The van der Waals surface area contributed by atoms with Crippen LogP contribution in [0.2, 0.25) is 0 Å². The van der Waals surface area contributed by atoms with Crippen LogP contribution in [-0.2, 0) is 14.3 Å². The predicted molar refractivity (Wildman–Crippen MR) is 63.0 cm³/mol. The predicted octanol–water partition coefficient (Wildman–Crippen LogP) is -1.44. The zero-order chi connectivity index (χ0) is 13.5. The fraction of sp³-hybridized carbons (Fsp3) is 0.818. The number of nitrogens with one attached hydrogen (secondary N) is 2. The third kappa shape index (κ3) is 4.25. The van der Waals surface area contributed by atoms with Gasteiger partial charge in [0, 0.05) is 19.0 Å². The number of carbonyl (C=O) groups is 2. The molecule has 7 heteroatoms. The molecule has 1 aliphatic heterocycles. The zero-order valence-electron chi connectivity index (χ0n) is 10.4. The first kappa shape index (κ1) is 14.9. The molecule has 1 saturated heterocycles. The lowest BCUT2D eigenvalue weighted by atomic mass is 10.0. The Morgan fingerprint density at radius 2 is 2.17 bits per heavy atom. The molecule has 3 atom stereocenters. The van der Waals surface area contributed by atoms with Crippen molar-refractivity contribution >= 4 is 11.9 Å². The highest BCUT2D eigenvalue weighted by atomic mass is 16.5. The Morgan fingerprint density at radius 3 is 2.78 bits per heavy atom. The molecule has 1 amide bonds. The monoisotopic (exact) mass is 260 g/mol. The molecule has 7 nitrogen and oxygen atoms in total. The minimum atomic E-state index is -1.44. The number of carboxylic acid groups (broad SMARTS) is 1. The number of amides is 1. The van der Waals surface area contributed by atoms with Gasteiger partial charge in [-0.15, -0.1) is 0 Å². The highest BCUT2D eigenvalue weighted by Crippen LogP contribution is 2.13. The van der Waals surface area contributed by atoms with E-state index in [9.17, 15) is 9.59 Å². The average Bonchev–Trinajstić information content (AvgIpc) is 2.77. The average molecular weight is 260 g/mol. The van der Waals surface area contributed by atoms with Crippen molar-refractivity contribution in [2.75, 3.05) is 26.3 Å². The van der Waals surface area contributed by atoms with Crippen LogP contribution in [-0.4, -0.2) is 60.5 Å². The van der Waals surface area contributed by atoms with Crippen molar-refractivity contribution in [2.45, 2.75) is 25.5 Å². The van der Waals surface area contributed by atoms with E-state index in [4.69, 9.17) is 14.9 Å². The SMILES string of the molecule is CCNC1COCC1C(=O)NCC[C@H](O)C(=O)O. The number of aliphatic hydroxyl groups excluding tert-OH is 1. The Bertz CT molecular complexity index is 297. The number of rotatable bonds is 7. The lowest BCUT2D eigenvalue weighted by Gasteiger charge is -2.18. The summed E-state index contributed by atoms with van der Waals surface area (Å²) in [5.74, 6) is -1.71. The van der Waals surface area contributed by atoms with Gasteiger partial charge in [-0.05, 0) is 6.54 Å². The van der Waals surface area contributed by atoms with Gasteiger partial charge in [-0.1, -0.05) is 6.92 Å². The van der Waals surface area contributed by atoms with Crippen LogP contribution in [0.5, 0.6) is 0 Å². The number of hydrogen-bond donors (Lipinski definition) is 4. The lowest BCUT2D eigenvalue weighted by molar-refractivity contribution is -0.147. The topological polar surface area (TPSA) is 108 Å². The molecule has 2 unspecified atom stereocenters. The number of aliphatic hydroxyl groups is 1. The zero-order valence-corrected chi connectivity index (χ0v) is 10.4. The Morgan fingerprint density at radius 1 is 1.44 bits per heavy atom. The van der Waals surface area contributed by atoms with Crippen LogP contribution in [0.3, 0.4) is 0 Å². The maximum Gasteiger partial charge on any atom is 0.332 e. The second kappa shape index (κ2) is 7.30. The summed E-state index contributed by atoms with van der Waals surface area (Å²) in [5.41, 5.74) is 0. The minimum absolute atomic E-state index is 0.000519. The third-order valence-electron chi connectivity index (χ3n) is 2.89. The molecule has 0 aromatic rings. The first-order chi connectivity index (χ1) is 8.56. The molecule has 0 bridgehead atoms. The first-order valence-corrected chi connectivity index (χ1v) is 6.06. The van der Waals surface area contributed by atoms with Crippen molar-refractivity contribution < 1.29 is 24.5 Å². The molecule has 18 heavy (non-hydrogen) atoms. The summed E-state index contributed by atoms with van der Waals surface area (Å²) in [5, 5.41) is 23.3. The van der Waals surface area contributed by atoms with Crippen molar-refractivity contribution in [1.82, 2.24) is 10.6 Å². The normalized spacial score (nSPS) is 24.8. The Kier molecular flexibility index (Phi) is 6.03. The van der Waals surface area contributed by atoms with Crippen molar-refractivity contribution in [3.63, 3.8) is 0 Å². The van der Waals surface area contributed by atoms with Crippen LogP contribution in [0, 0.1) is 5.92 Å². The van der Waals surface area contributed by atoms with Gasteiger partial charge >= 0.3 is 5.97 Å². The Hall–Kier alpha value is -1.18. The molecule has 0 radical (unpaired) electrons. The van der Waals surface area contributed by atoms with E-state index in [1.807, 2.05) is 6.92 Å². The molecule has 1 rings (SSSR count). The molecule has 1 heterocycles. The molecule has 0 aromatic carbocycles. The van der Waals surface area contributed by atoms with Crippen LogP contribution >= 0.6 is 0 Å². The van der Waals surface area contributed by atoms with Crippen molar-refractivity contribution in [3.05, 3.63) is 0 Å². The fourth-order valence-corrected chi connectivity index (χ4v) is 1.86. The summed E-state index contributed by atoms with van der Waals surface area (Å²) < 4.78 is 5.24. The summed E-state index contributed by atoms with van der Waals surface area (Å²) in [6.45, 7) is 3.72. The largest absolute Gasteiger partial charge is 0.479 e. The second-order valence-corrected chi connectivity index (χ2v) is 4.24. The number of likely N-dealkylation sites (N-methyl/N-ethyl adjacent to an activating group) is 1. The molecule has 104 valence electrons. The highest BCUT2D eigenvalue weighted by Gasteiger charge is 2.33. The van der Waals surface area contributed by atoms with E-state index < -0.39 is 12.1 Å². The van der Waals surface area contributed by atoms with Crippen molar-refractivity contribution in [2.24, 2.45) is 5.92 Å². The summed E-state index contributed by atoms with van der Waals surface area (Å²) in [4.78, 5) is 22.2. The van der Waals surface area contributed by atoms with E-state index in [0.717, 1.165) is 6.54 Å². The molecule has 0 aliphatic carbocycles. The number of hydrogen-bond acceptors (Lipinski definition) is 5. The molecule has 0 aromatic heterocycles. The van der Waals surface area contributed by atoms with E-state index in [1.54, 1.807) is 0 Å². The van der Waals surface area contributed by atoms with Gasteiger partial charge in [-0.25, -0.2) is 4.79 Å². The standard InChI is InChI=1S/C11H20N2O5/c1-2-12-8-6-18-5-7(8)10(15)13-4-3-9(14)11(16)17/h7-9,12,14H,2-6H2,1H3,(H,13,15)(H,16,17)/t7?,8?,9-/m0/s1. The van der Waals surface area contributed by atoms with E-state index in [-0.39, 0.29) is 30.8 Å². The van der Waals surface area contributed by atoms with Crippen molar-refractivity contribution in [1.29, 1.82) is 0 Å². The third-order valence-corrected chi connectivity index (χ3v) is 2.89. The van der Waals surface area contributed by atoms with E-state index in [0.29, 0.717) is 13.2 Å². The van der Waals surface area contributed by atoms with E-state index >= 15 is 0 Å². The number of aliphatic carboxylic acids is 1. The van der Waals surface area contributed by atoms with Gasteiger partial charge in [0.15, 0.2) is 6.10 Å². The van der Waals surface area contributed by atoms with Gasteiger partial charge in [-0.2, -0.15) is 0 Å². The molecule has 1 fully saturated rings. The van der Waals surface area contributed by atoms with Crippen LogP contribution in [0.4, 0.5) is 0 Å². The van der Waals surface area contributed by atoms with Gasteiger partial charge < -0.3 is 25.6 Å². The van der Waals surface area contributed by atoms with Crippen LogP contribution in [0.1, 0.15) is 13.3 Å². The van der Waals surface area contributed by atoms with Gasteiger partial charge in [0.25, 0.3) is 0 Å². The molecule has 4 N–H and O–H groups in total. The number of carbonyl (C=O) groups excluding carboxylic acids is 1. The number of carboxylic acids is 1. The first-order valence-electron chi connectivity index (χ1n) is 6.06. The Labute approximate surface area is 106 Å². The van der Waals surface area contributed by atoms with Gasteiger partial charge in [0.2, 0.25) is 5.91 Å². The molecule has 1 aliphatic rings. The second-order valence-electron chi connectivity index (χ2n) is 4.24. The van der Waals surface area contributed by atoms with Gasteiger partial charge in [0.05, 0.1) is 19.1 Å². The quantitative estimate of drug-likeness (QED) is 0.446. The molecular weight excluding hydrogens is 240 g/mol. The lowest BCUT2D eigenvalue weighted by Crippen LogP contribution is -2.44. The van der Waals surface area contributed by atoms with Crippen LogP contribution in [0.15, 0.2) is 0 Å². The molecule has 0 spiro atoms. The number of ether oxygens (including phenoxy) is 1. The van der Waals surface area contributed by atoms with E-state index in [2.05, 4.69) is 10.6 Å². The summed E-state index contributed by atoms with van der Waals surface area (Å²) >= 11 is 0. The summed E-state index contributed by atoms with van der Waals surface area (Å²) in [7, 11) is 0. The Balaban J connectivity index is 2.29. The van der Waals surface area contributed by atoms with Gasteiger partial charge in [0.1, 0.15) is 0 Å².